The fourth-order valence-corrected chi connectivity index (χ4v) is 5.37. The van der Waals surface area contributed by atoms with Gasteiger partial charge >= 0.3 is 5.97 Å². The lowest BCUT2D eigenvalue weighted by atomic mass is 9.62. The Morgan fingerprint density at radius 2 is 1.66 bits per heavy atom. The van der Waals surface area contributed by atoms with E-state index in [0.717, 1.165) is 23.6 Å². The van der Waals surface area contributed by atoms with Crippen molar-refractivity contribution >= 4 is 5.97 Å². The van der Waals surface area contributed by atoms with Gasteiger partial charge in [-0.05, 0) is 70.0 Å². The Labute approximate surface area is 209 Å². The van der Waals surface area contributed by atoms with Crippen LogP contribution < -0.4 is 4.74 Å². The number of fused-ring (bicyclic) bond motifs is 1. The van der Waals surface area contributed by atoms with E-state index in [4.69, 9.17) is 4.74 Å². The van der Waals surface area contributed by atoms with Crippen molar-refractivity contribution in [1.29, 1.82) is 0 Å². The Morgan fingerprint density at radius 1 is 1.06 bits per heavy atom. The first-order valence-corrected chi connectivity index (χ1v) is 12.6. The maximum Gasteiger partial charge on any atom is 0.304 e. The van der Waals surface area contributed by atoms with E-state index in [1.165, 1.54) is 35.1 Å². The summed E-state index contributed by atoms with van der Waals surface area (Å²) in [5, 5.41) is 9.44. The zero-order valence-corrected chi connectivity index (χ0v) is 21.9. The summed E-state index contributed by atoms with van der Waals surface area (Å²) in [7, 11) is 1.89. The van der Waals surface area contributed by atoms with Crippen molar-refractivity contribution in [3.05, 3.63) is 82.4 Å². The first kappa shape index (κ1) is 25.0. The zero-order chi connectivity index (χ0) is 25.4. The van der Waals surface area contributed by atoms with Gasteiger partial charge in [0.25, 0.3) is 0 Å². The molecule has 5 nitrogen and oxygen atoms in total. The van der Waals surface area contributed by atoms with E-state index in [-0.39, 0.29) is 23.2 Å². The molecule has 1 heterocycles. The van der Waals surface area contributed by atoms with Crippen LogP contribution in [0.2, 0.25) is 0 Å². The minimum absolute atomic E-state index is 0.00776. The van der Waals surface area contributed by atoms with Gasteiger partial charge in [-0.25, -0.2) is 4.98 Å². The molecule has 0 radical (unpaired) electrons. The quantitative estimate of drug-likeness (QED) is 0.404. The second-order valence-corrected chi connectivity index (χ2v) is 11.2. The molecule has 0 fully saturated rings. The summed E-state index contributed by atoms with van der Waals surface area (Å²) in [5.41, 5.74) is 6.81. The molecule has 0 aliphatic heterocycles. The number of benzene rings is 2. The molecule has 0 spiro atoms. The fraction of sp³-hybridized carbons (Fsp3) is 0.467. The highest BCUT2D eigenvalue weighted by atomic mass is 16.5. The molecule has 3 aromatic rings. The Hall–Kier alpha value is -3.08. The number of hydrogen-bond donors (Lipinski definition) is 1. The number of carboxylic acid groups (broad SMARTS) is 1. The van der Waals surface area contributed by atoms with Gasteiger partial charge in [0.05, 0.1) is 12.3 Å². The molecular formula is C30H38N2O3. The van der Waals surface area contributed by atoms with Crippen LogP contribution in [0.3, 0.4) is 0 Å². The van der Waals surface area contributed by atoms with Crippen molar-refractivity contribution in [3.8, 4) is 5.75 Å². The maximum absolute atomic E-state index is 11.5. The van der Waals surface area contributed by atoms with Crippen LogP contribution in [0.4, 0.5) is 0 Å². The van der Waals surface area contributed by atoms with Crippen LogP contribution in [0.5, 0.6) is 5.75 Å². The summed E-state index contributed by atoms with van der Waals surface area (Å²) in [6.07, 6.45) is 6.91. The number of imidazole rings is 1. The molecule has 2 aromatic carbocycles. The van der Waals surface area contributed by atoms with Crippen LogP contribution in [0.15, 0.2) is 48.8 Å². The maximum atomic E-state index is 11.5. The summed E-state index contributed by atoms with van der Waals surface area (Å²) >= 11 is 0. The molecule has 1 unspecified atom stereocenters. The molecule has 4 rings (SSSR count). The van der Waals surface area contributed by atoms with Gasteiger partial charge in [-0.1, -0.05) is 58.9 Å². The number of carboxylic acids is 1. The molecule has 1 N–H and O–H groups in total. The van der Waals surface area contributed by atoms with E-state index < -0.39 is 5.97 Å². The first-order chi connectivity index (χ1) is 16.5. The van der Waals surface area contributed by atoms with Gasteiger partial charge in [-0.2, -0.15) is 0 Å². The van der Waals surface area contributed by atoms with Crippen molar-refractivity contribution in [2.75, 3.05) is 0 Å². The Morgan fingerprint density at radius 3 is 2.17 bits per heavy atom. The number of aryl methyl sites for hydroxylation is 2. The number of ether oxygens (including phenoxy) is 1. The van der Waals surface area contributed by atoms with E-state index in [1.54, 1.807) is 6.20 Å². The number of hydrogen-bond acceptors (Lipinski definition) is 3. The lowest BCUT2D eigenvalue weighted by Gasteiger charge is -2.42. The number of nitrogens with zero attached hydrogens (tertiary/aromatic N) is 2. The van der Waals surface area contributed by atoms with Gasteiger partial charge in [0.15, 0.2) is 0 Å². The Bertz CT molecular complexity index is 1200. The van der Waals surface area contributed by atoms with E-state index in [0.29, 0.717) is 6.61 Å². The second kappa shape index (κ2) is 9.52. The van der Waals surface area contributed by atoms with Gasteiger partial charge in [0, 0.05) is 19.4 Å². The molecule has 1 aliphatic rings. The SMILES string of the molecule is CCc1cc2c(cc1COc1ccc(C(CC(=O)O)c3nccn3C)cc1)C(C)(C)CCC2(C)C. The second-order valence-electron chi connectivity index (χ2n) is 11.2. The smallest absolute Gasteiger partial charge is 0.304 e. The third-order valence-corrected chi connectivity index (χ3v) is 7.78. The van der Waals surface area contributed by atoms with E-state index >= 15 is 0 Å². The number of aromatic nitrogens is 2. The van der Waals surface area contributed by atoms with Gasteiger partial charge in [0.2, 0.25) is 0 Å². The topological polar surface area (TPSA) is 64.3 Å². The van der Waals surface area contributed by atoms with Crippen LogP contribution in [0.25, 0.3) is 0 Å². The highest BCUT2D eigenvalue weighted by Gasteiger charge is 2.37. The fourth-order valence-electron chi connectivity index (χ4n) is 5.37. The van der Waals surface area contributed by atoms with Gasteiger partial charge in [0.1, 0.15) is 18.2 Å². The summed E-state index contributed by atoms with van der Waals surface area (Å²) in [5.74, 6) is 0.374. The predicted octanol–water partition coefficient (Wildman–Crippen LogP) is 6.52. The van der Waals surface area contributed by atoms with Gasteiger partial charge in [-0.3, -0.25) is 4.79 Å². The van der Waals surface area contributed by atoms with Crippen LogP contribution in [0.1, 0.15) is 93.4 Å². The molecule has 1 atom stereocenters. The third-order valence-electron chi connectivity index (χ3n) is 7.78. The zero-order valence-electron chi connectivity index (χ0n) is 21.9. The third kappa shape index (κ3) is 5.14. The minimum Gasteiger partial charge on any atom is -0.489 e. The lowest BCUT2D eigenvalue weighted by molar-refractivity contribution is -0.137. The highest BCUT2D eigenvalue weighted by Crippen LogP contribution is 2.46. The summed E-state index contributed by atoms with van der Waals surface area (Å²) in [6.45, 7) is 12.2. The van der Waals surface area contributed by atoms with E-state index in [2.05, 4.69) is 51.7 Å². The normalized spacial score (nSPS) is 17.0. The molecule has 0 saturated carbocycles. The Kier molecular flexibility index (Phi) is 6.81. The van der Waals surface area contributed by atoms with E-state index in [9.17, 15) is 9.90 Å². The standard InChI is InChI=1S/C30H38N2O3/c1-7-20-16-25-26(30(4,5)13-12-29(25,2)3)17-22(20)19-35-23-10-8-21(9-11-23)24(18-27(33)34)28-31-14-15-32(28)6/h8-11,14-17,24H,7,12-13,18-19H2,1-6H3,(H,33,34). The van der Waals surface area contributed by atoms with Crippen LogP contribution in [0, 0.1) is 0 Å². The summed E-state index contributed by atoms with van der Waals surface area (Å²) < 4.78 is 8.12. The number of rotatable bonds is 8. The molecular weight excluding hydrogens is 436 g/mol. The average molecular weight is 475 g/mol. The molecule has 35 heavy (non-hydrogen) atoms. The van der Waals surface area contributed by atoms with Crippen molar-refractivity contribution in [1.82, 2.24) is 9.55 Å². The van der Waals surface area contributed by atoms with Crippen molar-refractivity contribution in [2.45, 2.75) is 83.7 Å². The molecule has 186 valence electrons. The van der Waals surface area contributed by atoms with Crippen LogP contribution in [-0.2, 0) is 35.7 Å². The largest absolute Gasteiger partial charge is 0.489 e. The van der Waals surface area contributed by atoms with Crippen molar-refractivity contribution in [3.63, 3.8) is 0 Å². The average Bonchev–Trinajstić information content (AvgIpc) is 3.24. The van der Waals surface area contributed by atoms with Crippen LogP contribution in [-0.4, -0.2) is 20.6 Å². The van der Waals surface area contributed by atoms with Crippen molar-refractivity contribution < 1.29 is 14.6 Å². The molecule has 5 heteroatoms. The number of aliphatic carboxylic acids is 1. The number of carbonyl (C=O) groups is 1. The van der Waals surface area contributed by atoms with Crippen LogP contribution >= 0.6 is 0 Å². The first-order valence-electron chi connectivity index (χ1n) is 12.6. The summed E-state index contributed by atoms with van der Waals surface area (Å²) in [6, 6.07) is 12.6. The van der Waals surface area contributed by atoms with E-state index in [1.807, 2.05) is 42.1 Å². The molecule has 0 saturated heterocycles. The monoisotopic (exact) mass is 474 g/mol. The molecule has 1 aromatic heterocycles. The van der Waals surface area contributed by atoms with Gasteiger partial charge in [-0.15, -0.1) is 0 Å². The molecule has 0 amide bonds. The summed E-state index contributed by atoms with van der Waals surface area (Å²) in [4.78, 5) is 15.9. The Balaban J connectivity index is 1.56. The van der Waals surface area contributed by atoms with Gasteiger partial charge < -0.3 is 14.4 Å². The lowest BCUT2D eigenvalue weighted by Crippen LogP contribution is -2.34. The molecule has 1 aliphatic carbocycles. The minimum atomic E-state index is -0.844. The molecule has 0 bridgehead atoms. The van der Waals surface area contributed by atoms with Crippen molar-refractivity contribution in [2.24, 2.45) is 7.05 Å². The highest BCUT2D eigenvalue weighted by molar-refractivity contribution is 5.68. The predicted molar refractivity (Wildman–Crippen MR) is 139 cm³/mol.